The number of anilines is 2. The van der Waals surface area contributed by atoms with E-state index in [4.69, 9.17) is 21.5 Å². The number of nitrogen functional groups attached to an aromatic ring is 1. The average Bonchev–Trinajstić information content (AvgIpc) is 2.58. The van der Waals surface area contributed by atoms with E-state index in [9.17, 15) is 4.79 Å². The minimum absolute atomic E-state index is 0.113. The summed E-state index contributed by atoms with van der Waals surface area (Å²) in [5, 5.41) is 12.3. The summed E-state index contributed by atoms with van der Waals surface area (Å²) in [6.07, 6.45) is 0. The van der Waals surface area contributed by atoms with Gasteiger partial charge >= 0.3 is 0 Å². The van der Waals surface area contributed by atoms with Gasteiger partial charge in [0.2, 0.25) is 5.91 Å². The first-order chi connectivity index (χ1) is 7.65. The van der Waals surface area contributed by atoms with Crippen LogP contribution in [-0.2, 0) is 9.53 Å². The number of ether oxygens (including phenoxy) is 1. The molecule has 5 N–H and O–H groups in total. The van der Waals surface area contributed by atoms with Gasteiger partial charge in [-0.2, -0.15) is 9.64 Å². The lowest BCUT2D eigenvalue weighted by molar-refractivity contribution is -0.122. The van der Waals surface area contributed by atoms with E-state index in [-0.39, 0.29) is 12.4 Å². The zero-order valence-corrected chi connectivity index (χ0v) is 9.21. The highest BCUT2D eigenvalue weighted by Crippen LogP contribution is 2.24. The molecule has 0 radical (unpaired) electrons. The second-order valence-electron chi connectivity index (χ2n) is 2.83. The SMILES string of the molecule is N#Cc1c(N)nsc1NCCOCC(N)=O. The molecule has 0 bridgehead atoms. The number of carbonyl (C=O) groups is 1. The zero-order valence-electron chi connectivity index (χ0n) is 8.40. The Balaban J connectivity index is 2.32. The van der Waals surface area contributed by atoms with Crippen molar-refractivity contribution < 1.29 is 9.53 Å². The highest BCUT2D eigenvalue weighted by atomic mass is 32.1. The fourth-order valence-electron chi connectivity index (χ4n) is 0.941. The van der Waals surface area contributed by atoms with Crippen molar-refractivity contribution in [2.45, 2.75) is 0 Å². The van der Waals surface area contributed by atoms with Crippen LogP contribution in [0.3, 0.4) is 0 Å². The first kappa shape index (κ1) is 12.2. The Morgan fingerprint density at radius 3 is 3.06 bits per heavy atom. The Hall–Kier alpha value is -1.85. The Labute approximate surface area is 96.2 Å². The lowest BCUT2D eigenvalue weighted by Crippen LogP contribution is -2.20. The Morgan fingerprint density at radius 1 is 1.69 bits per heavy atom. The number of primary amides is 1. The first-order valence-corrected chi connectivity index (χ1v) is 5.17. The number of hydrogen-bond acceptors (Lipinski definition) is 7. The Bertz CT molecular complexity index is 411. The third kappa shape index (κ3) is 3.38. The van der Waals surface area contributed by atoms with E-state index in [1.54, 1.807) is 0 Å². The molecule has 1 rings (SSSR count). The van der Waals surface area contributed by atoms with Crippen LogP contribution in [0.2, 0.25) is 0 Å². The molecule has 8 heteroatoms. The number of nitrogens with zero attached hydrogens (tertiary/aromatic N) is 2. The molecule has 0 aliphatic heterocycles. The van der Waals surface area contributed by atoms with Crippen molar-refractivity contribution in [2.75, 3.05) is 30.8 Å². The van der Waals surface area contributed by atoms with Crippen LogP contribution in [0.1, 0.15) is 5.56 Å². The fourth-order valence-corrected chi connectivity index (χ4v) is 1.63. The standard InChI is InChI=1S/C8H11N5O2S/c9-3-5-7(11)13-16-8(5)12-1-2-15-4-6(10)14/h12H,1-2,4H2,(H2,10,14)(H2,11,13). The van der Waals surface area contributed by atoms with Gasteiger partial charge in [-0.15, -0.1) is 0 Å². The van der Waals surface area contributed by atoms with Crippen LogP contribution in [0.5, 0.6) is 0 Å². The van der Waals surface area contributed by atoms with E-state index in [0.717, 1.165) is 11.5 Å². The zero-order chi connectivity index (χ0) is 12.0. The van der Waals surface area contributed by atoms with Gasteiger partial charge in [-0.1, -0.05) is 0 Å². The second-order valence-corrected chi connectivity index (χ2v) is 3.60. The van der Waals surface area contributed by atoms with E-state index in [1.165, 1.54) is 0 Å². The van der Waals surface area contributed by atoms with Gasteiger partial charge in [-0.25, -0.2) is 0 Å². The van der Waals surface area contributed by atoms with Crippen LogP contribution >= 0.6 is 11.5 Å². The van der Waals surface area contributed by atoms with E-state index >= 15 is 0 Å². The van der Waals surface area contributed by atoms with Gasteiger partial charge < -0.3 is 21.5 Å². The van der Waals surface area contributed by atoms with Crippen molar-refractivity contribution in [3.63, 3.8) is 0 Å². The minimum atomic E-state index is -0.514. The number of aromatic nitrogens is 1. The van der Waals surface area contributed by atoms with Gasteiger partial charge in [0.05, 0.1) is 6.61 Å². The van der Waals surface area contributed by atoms with Crippen LogP contribution in [-0.4, -0.2) is 30.0 Å². The minimum Gasteiger partial charge on any atom is -0.382 e. The molecule has 16 heavy (non-hydrogen) atoms. The largest absolute Gasteiger partial charge is 0.382 e. The maximum atomic E-state index is 10.3. The van der Waals surface area contributed by atoms with Gasteiger partial charge in [0, 0.05) is 6.54 Å². The number of rotatable bonds is 6. The molecule has 1 aromatic heterocycles. The molecule has 86 valence electrons. The summed E-state index contributed by atoms with van der Waals surface area (Å²) in [7, 11) is 0. The molecule has 7 nitrogen and oxygen atoms in total. The normalized spacial score (nSPS) is 9.69. The third-order valence-corrected chi connectivity index (χ3v) is 2.43. The number of nitriles is 1. The number of nitrogens with two attached hydrogens (primary N) is 2. The van der Waals surface area contributed by atoms with Gasteiger partial charge in [0.25, 0.3) is 0 Å². The molecular formula is C8H11N5O2S. The van der Waals surface area contributed by atoms with Crippen LogP contribution in [0, 0.1) is 11.3 Å². The van der Waals surface area contributed by atoms with Gasteiger partial charge in [0.1, 0.15) is 23.2 Å². The van der Waals surface area contributed by atoms with Gasteiger partial charge in [-0.3, -0.25) is 4.79 Å². The summed E-state index contributed by atoms with van der Waals surface area (Å²) >= 11 is 1.11. The molecule has 0 saturated carbocycles. The summed E-state index contributed by atoms with van der Waals surface area (Å²) in [5.41, 5.74) is 10.7. The third-order valence-electron chi connectivity index (χ3n) is 1.61. The van der Waals surface area contributed by atoms with Crippen LogP contribution in [0.15, 0.2) is 0 Å². The molecule has 0 spiro atoms. The van der Waals surface area contributed by atoms with Crippen molar-refractivity contribution in [3.8, 4) is 6.07 Å². The number of carbonyl (C=O) groups excluding carboxylic acids is 1. The van der Waals surface area contributed by atoms with Gasteiger partial charge in [0.15, 0.2) is 5.82 Å². The van der Waals surface area contributed by atoms with Crippen LogP contribution in [0.25, 0.3) is 0 Å². The summed E-state index contributed by atoms with van der Waals surface area (Å²) in [5.74, 6) is -0.298. The average molecular weight is 241 g/mol. The van der Waals surface area contributed by atoms with E-state index < -0.39 is 5.91 Å². The predicted molar refractivity (Wildman–Crippen MR) is 59.7 cm³/mol. The molecule has 0 aromatic carbocycles. The summed E-state index contributed by atoms with van der Waals surface area (Å²) in [6, 6.07) is 1.95. The molecular weight excluding hydrogens is 230 g/mol. The van der Waals surface area contributed by atoms with Crippen LogP contribution in [0.4, 0.5) is 10.8 Å². The number of nitrogens with one attached hydrogen (secondary N) is 1. The molecule has 0 aliphatic rings. The quantitative estimate of drug-likeness (QED) is 0.577. The first-order valence-electron chi connectivity index (χ1n) is 4.40. The molecule has 1 amide bonds. The molecule has 0 fully saturated rings. The summed E-state index contributed by atoms with van der Waals surface area (Å²) in [6.45, 7) is 0.646. The van der Waals surface area contributed by atoms with Crippen molar-refractivity contribution >= 4 is 28.3 Å². The Kier molecular flexibility index (Phi) is 4.50. The molecule has 0 aliphatic carbocycles. The van der Waals surface area contributed by atoms with Crippen molar-refractivity contribution in [1.29, 1.82) is 5.26 Å². The molecule has 1 aromatic rings. The lowest BCUT2D eigenvalue weighted by atomic mass is 10.3. The molecule has 0 saturated heterocycles. The van der Waals surface area contributed by atoms with E-state index in [1.807, 2.05) is 6.07 Å². The van der Waals surface area contributed by atoms with Gasteiger partial charge in [-0.05, 0) is 11.5 Å². The summed E-state index contributed by atoms with van der Waals surface area (Å²) < 4.78 is 8.76. The Morgan fingerprint density at radius 2 is 2.44 bits per heavy atom. The lowest BCUT2D eigenvalue weighted by Gasteiger charge is -2.03. The number of amides is 1. The highest BCUT2D eigenvalue weighted by molar-refractivity contribution is 7.10. The van der Waals surface area contributed by atoms with Crippen LogP contribution < -0.4 is 16.8 Å². The fraction of sp³-hybridized carbons (Fsp3) is 0.375. The number of hydrogen-bond donors (Lipinski definition) is 3. The highest BCUT2D eigenvalue weighted by Gasteiger charge is 2.09. The second kappa shape index (κ2) is 5.89. The predicted octanol–water partition coefficient (Wildman–Crippen LogP) is -0.489. The van der Waals surface area contributed by atoms with E-state index in [2.05, 4.69) is 9.69 Å². The molecule has 0 atom stereocenters. The maximum absolute atomic E-state index is 10.3. The summed E-state index contributed by atoms with van der Waals surface area (Å²) in [4.78, 5) is 10.3. The molecule has 1 heterocycles. The smallest absolute Gasteiger partial charge is 0.243 e. The molecule has 0 unspecified atom stereocenters. The van der Waals surface area contributed by atoms with Crippen molar-refractivity contribution in [1.82, 2.24) is 4.37 Å². The van der Waals surface area contributed by atoms with Crippen molar-refractivity contribution in [2.24, 2.45) is 5.73 Å². The maximum Gasteiger partial charge on any atom is 0.243 e. The van der Waals surface area contributed by atoms with Crippen molar-refractivity contribution in [3.05, 3.63) is 5.56 Å². The van der Waals surface area contributed by atoms with E-state index in [0.29, 0.717) is 23.7 Å². The monoisotopic (exact) mass is 241 g/mol. The topological polar surface area (TPSA) is 127 Å².